The standard InChI is InChI=1S/C18H25BrN4O3/c1-2-20-18(21-6-4-8-23-7-3-5-16(23)24)22-11-13-9-14(19)17-15(10-13)25-12-26-17/h9-10H,2-8,11-12H2,1H3,(H2,20,21,22). The molecule has 8 heteroatoms. The molecule has 0 aromatic heterocycles. The van der Waals surface area contributed by atoms with Crippen molar-refractivity contribution in [3.05, 3.63) is 22.2 Å². The van der Waals surface area contributed by atoms with Crippen LogP contribution in [0.5, 0.6) is 11.5 Å². The lowest BCUT2D eigenvalue weighted by Gasteiger charge is -2.16. The van der Waals surface area contributed by atoms with Gasteiger partial charge in [-0.05, 0) is 53.4 Å². The van der Waals surface area contributed by atoms with Gasteiger partial charge in [-0.1, -0.05) is 0 Å². The molecular weight excluding hydrogens is 400 g/mol. The number of hydrogen-bond acceptors (Lipinski definition) is 4. The Hall–Kier alpha value is -1.96. The van der Waals surface area contributed by atoms with E-state index < -0.39 is 0 Å². The second kappa shape index (κ2) is 9.12. The number of guanidine groups is 1. The van der Waals surface area contributed by atoms with Crippen LogP contribution in [0.25, 0.3) is 0 Å². The number of carbonyl (C=O) groups is 1. The van der Waals surface area contributed by atoms with Crippen molar-refractivity contribution < 1.29 is 14.3 Å². The Morgan fingerprint density at radius 1 is 1.35 bits per heavy atom. The summed E-state index contributed by atoms with van der Waals surface area (Å²) in [5.41, 5.74) is 1.04. The van der Waals surface area contributed by atoms with Crippen molar-refractivity contribution in [2.75, 3.05) is 33.0 Å². The van der Waals surface area contributed by atoms with Gasteiger partial charge in [-0.25, -0.2) is 4.99 Å². The summed E-state index contributed by atoms with van der Waals surface area (Å²) >= 11 is 3.51. The molecule has 2 aliphatic rings. The number of hydrogen-bond donors (Lipinski definition) is 2. The number of carbonyl (C=O) groups excluding carboxylic acids is 1. The fraction of sp³-hybridized carbons (Fsp3) is 0.556. The van der Waals surface area contributed by atoms with E-state index in [0.29, 0.717) is 13.0 Å². The molecular formula is C18H25BrN4O3. The highest BCUT2D eigenvalue weighted by Crippen LogP contribution is 2.40. The van der Waals surface area contributed by atoms with Gasteiger partial charge < -0.3 is 25.0 Å². The van der Waals surface area contributed by atoms with Gasteiger partial charge in [-0.3, -0.25) is 4.79 Å². The van der Waals surface area contributed by atoms with Crippen LogP contribution in [0.2, 0.25) is 0 Å². The highest BCUT2D eigenvalue weighted by molar-refractivity contribution is 9.10. The molecule has 0 radical (unpaired) electrons. The first-order chi connectivity index (χ1) is 12.7. The molecule has 0 spiro atoms. The molecule has 1 amide bonds. The maximum absolute atomic E-state index is 11.6. The van der Waals surface area contributed by atoms with Crippen LogP contribution in [0.1, 0.15) is 31.7 Å². The SMILES string of the molecule is CCNC(=NCc1cc(Br)c2c(c1)OCO2)NCCCN1CCCC1=O. The minimum atomic E-state index is 0.254. The number of amides is 1. The average molecular weight is 425 g/mol. The Morgan fingerprint density at radius 3 is 3.00 bits per heavy atom. The third-order valence-electron chi connectivity index (χ3n) is 4.32. The summed E-state index contributed by atoms with van der Waals surface area (Å²) in [5.74, 6) is 2.55. The smallest absolute Gasteiger partial charge is 0.231 e. The Labute approximate surface area is 162 Å². The Balaban J connectivity index is 1.50. The number of nitrogens with zero attached hydrogens (tertiary/aromatic N) is 2. The number of benzene rings is 1. The first-order valence-corrected chi connectivity index (χ1v) is 9.84. The first kappa shape index (κ1) is 18.8. The second-order valence-electron chi connectivity index (χ2n) is 6.27. The third kappa shape index (κ3) is 4.81. The van der Waals surface area contributed by atoms with E-state index in [0.717, 1.165) is 66.5 Å². The van der Waals surface area contributed by atoms with Gasteiger partial charge in [0.25, 0.3) is 0 Å². The fourth-order valence-electron chi connectivity index (χ4n) is 3.04. The number of halogens is 1. The van der Waals surface area contributed by atoms with E-state index in [9.17, 15) is 4.79 Å². The number of likely N-dealkylation sites (tertiary alicyclic amines) is 1. The zero-order valence-corrected chi connectivity index (χ0v) is 16.6. The van der Waals surface area contributed by atoms with Crippen LogP contribution in [-0.4, -0.2) is 49.7 Å². The summed E-state index contributed by atoms with van der Waals surface area (Å²) in [4.78, 5) is 18.2. The molecule has 142 valence electrons. The molecule has 1 saturated heterocycles. The Morgan fingerprint density at radius 2 is 2.23 bits per heavy atom. The van der Waals surface area contributed by atoms with Gasteiger partial charge in [-0.2, -0.15) is 0 Å². The molecule has 1 aromatic rings. The van der Waals surface area contributed by atoms with Gasteiger partial charge >= 0.3 is 0 Å². The van der Waals surface area contributed by atoms with E-state index in [-0.39, 0.29) is 12.7 Å². The molecule has 2 N–H and O–H groups in total. The van der Waals surface area contributed by atoms with Gasteiger partial charge in [0, 0.05) is 32.6 Å². The van der Waals surface area contributed by atoms with Gasteiger partial charge in [-0.15, -0.1) is 0 Å². The third-order valence-corrected chi connectivity index (χ3v) is 4.91. The molecule has 2 heterocycles. The van der Waals surface area contributed by atoms with Crippen LogP contribution in [0.15, 0.2) is 21.6 Å². The number of ether oxygens (including phenoxy) is 2. The lowest BCUT2D eigenvalue weighted by atomic mass is 10.2. The van der Waals surface area contributed by atoms with E-state index in [1.54, 1.807) is 0 Å². The van der Waals surface area contributed by atoms with Crippen LogP contribution in [0.3, 0.4) is 0 Å². The van der Waals surface area contributed by atoms with Crippen molar-refractivity contribution in [3.8, 4) is 11.5 Å². The second-order valence-corrected chi connectivity index (χ2v) is 7.13. The van der Waals surface area contributed by atoms with E-state index in [2.05, 4.69) is 31.6 Å². The van der Waals surface area contributed by atoms with Crippen molar-refractivity contribution in [3.63, 3.8) is 0 Å². The van der Waals surface area contributed by atoms with Gasteiger partial charge in [0.15, 0.2) is 17.5 Å². The molecule has 7 nitrogen and oxygen atoms in total. The van der Waals surface area contributed by atoms with Gasteiger partial charge in [0.2, 0.25) is 12.7 Å². The van der Waals surface area contributed by atoms with Gasteiger partial charge in [0.1, 0.15) is 0 Å². The van der Waals surface area contributed by atoms with Crippen LogP contribution in [0.4, 0.5) is 0 Å². The Bertz CT molecular complexity index is 681. The molecule has 0 saturated carbocycles. The van der Waals surface area contributed by atoms with E-state index in [1.807, 2.05) is 24.0 Å². The first-order valence-electron chi connectivity index (χ1n) is 9.05. The molecule has 0 atom stereocenters. The predicted octanol–water partition coefficient (Wildman–Crippen LogP) is 2.25. The predicted molar refractivity (Wildman–Crippen MR) is 104 cm³/mol. The van der Waals surface area contributed by atoms with Crippen LogP contribution >= 0.6 is 15.9 Å². The van der Waals surface area contributed by atoms with Crippen molar-refractivity contribution >= 4 is 27.8 Å². The summed E-state index contributed by atoms with van der Waals surface area (Å²) < 4.78 is 11.7. The fourth-order valence-corrected chi connectivity index (χ4v) is 3.65. The monoisotopic (exact) mass is 424 g/mol. The summed E-state index contributed by atoms with van der Waals surface area (Å²) in [6.45, 7) is 6.10. The molecule has 1 aromatic carbocycles. The van der Waals surface area contributed by atoms with Crippen LogP contribution in [0, 0.1) is 0 Å². The molecule has 0 unspecified atom stereocenters. The van der Waals surface area contributed by atoms with Crippen molar-refractivity contribution in [1.29, 1.82) is 0 Å². The number of aliphatic imine (C=N–C) groups is 1. The lowest BCUT2D eigenvalue weighted by molar-refractivity contribution is -0.127. The number of fused-ring (bicyclic) bond motifs is 1. The summed E-state index contributed by atoms with van der Waals surface area (Å²) in [5, 5.41) is 6.58. The number of rotatable bonds is 7. The zero-order valence-electron chi connectivity index (χ0n) is 15.0. The van der Waals surface area contributed by atoms with Crippen LogP contribution in [-0.2, 0) is 11.3 Å². The minimum Gasteiger partial charge on any atom is -0.454 e. The van der Waals surface area contributed by atoms with Crippen molar-refractivity contribution in [1.82, 2.24) is 15.5 Å². The average Bonchev–Trinajstić information content (AvgIpc) is 3.25. The topological polar surface area (TPSA) is 75.2 Å². The highest BCUT2D eigenvalue weighted by atomic mass is 79.9. The van der Waals surface area contributed by atoms with E-state index in [4.69, 9.17) is 9.47 Å². The van der Waals surface area contributed by atoms with Crippen molar-refractivity contribution in [2.45, 2.75) is 32.7 Å². The number of nitrogens with one attached hydrogen (secondary N) is 2. The molecule has 2 aliphatic heterocycles. The van der Waals surface area contributed by atoms with Gasteiger partial charge in [0.05, 0.1) is 11.0 Å². The highest BCUT2D eigenvalue weighted by Gasteiger charge is 2.19. The maximum atomic E-state index is 11.6. The summed E-state index contributed by atoms with van der Waals surface area (Å²) in [6.07, 6.45) is 2.59. The molecule has 1 fully saturated rings. The van der Waals surface area contributed by atoms with E-state index >= 15 is 0 Å². The Kier molecular flexibility index (Phi) is 6.60. The van der Waals surface area contributed by atoms with Crippen molar-refractivity contribution in [2.24, 2.45) is 4.99 Å². The van der Waals surface area contributed by atoms with E-state index in [1.165, 1.54) is 0 Å². The molecule has 3 rings (SSSR count). The molecule has 0 bridgehead atoms. The molecule has 26 heavy (non-hydrogen) atoms. The lowest BCUT2D eigenvalue weighted by Crippen LogP contribution is -2.39. The summed E-state index contributed by atoms with van der Waals surface area (Å²) in [7, 11) is 0. The summed E-state index contributed by atoms with van der Waals surface area (Å²) in [6, 6.07) is 3.96. The van der Waals surface area contributed by atoms with Crippen LogP contribution < -0.4 is 20.1 Å². The normalized spacial score (nSPS) is 16.3. The zero-order chi connectivity index (χ0) is 18.4. The minimum absolute atomic E-state index is 0.254. The largest absolute Gasteiger partial charge is 0.454 e. The quantitative estimate of drug-likeness (QED) is 0.398. The molecule has 0 aliphatic carbocycles. The maximum Gasteiger partial charge on any atom is 0.231 e.